The Hall–Kier alpha value is -3.00. The summed E-state index contributed by atoms with van der Waals surface area (Å²) in [6, 6.07) is 10.9. The number of rotatable bonds is 5. The Kier molecular flexibility index (Phi) is 4.44. The number of nitrogens with zero attached hydrogens (tertiary/aromatic N) is 3. The molecule has 0 aliphatic carbocycles. The highest BCUT2D eigenvalue weighted by Crippen LogP contribution is 2.19. The highest BCUT2D eigenvalue weighted by atomic mass is 32.1. The van der Waals surface area contributed by atoms with Gasteiger partial charge in [0.15, 0.2) is 0 Å². The second-order valence-electron chi connectivity index (χ2n) is 4.37. The number of thiophene rings is 1. The lowest BCUT2D eigenvalue weighted by Crippen LogP contribution is -2.17. The number of benzene rings is 1. The lowest BCUT2D eigenvalue weighted by Gasteiger charge is -1.98. The van der Waals surface area contributed by atoms with Crippen LogP contribution < -0.4 is 10.2 Å². The van der Waals surface area contributed by atoms with Crippen molar-refractivity contribution in [1.82, 2.24) is 15.6 Å². The van der Waals surface area contributed by atoms with Crippen molar-refractivity contribution in [3.05, 3.63) is 52.5 Å². The molecule has 1 aromatic carbocycles. The largest absolute Gasteiger partial charge is 0.497 e. The Morgan fingerprint density at radius 1 is 1.35 bits per heavy atom. The van der Waals surface area contributed by atoms with Crippen LogP contribution in [0.15, 0.2) is 51.4 Å². The molecule has 0 spiro atoms. The van der Waals surface area contributed by atoms with Crippen LogP contribution in [-0.2, 0) is 0 Å². The van der Waals surface area contributed by atoms with Crippen LogP contribution in [0.4, 0.5) is 0 Å². The first-order chi connectivity index (χ1) is 11.3. The summed E-state index contributed by atoms with van der Waals surface area (Å²) in [6.45, 7) is 0. The standard InChI is InChI=1S/C15H12N4O3S/c1-21-11-6-4-10(5-7-11)13-17-15(22-19-13)14(20)18-16-9-12-3-2-8-23-12/h2-9H,1H3,(H,18,20)/b16-9+. The van der Waals surface area contributed by atoms with Gasteiger partial charge in [-0.3, -0.25) is 4.79 Å². The minimum atomic E-state index is -0.565. The van der Waals surface area contributed by atoms with Gasteiger partial charge < -0.3 is 9.26 Å². The quantitative estimate of drug-likeness (QED) is 0.574. The molecule has 3 rings (SSSR count). The first-order valence-corrected chi connectivity index (χ1v) is 7.49. The normalized spacial score (nSPS) is 10.8. The van der Waals surface area contributed by atoms with E-state index in [0.29, 0.717) is 5.82 Å². The molecule has 0 atom stereocenters. The monoisotopic (exact) mass is 328 g/mol. The molecule has 116 valence electrons. The average Bonchev–Trinajstić information content (AvgIpc) is 3.26. The maximum atomic E-state index is 11.9. The van der Waals surface area contributed by atoms with Crippen LogP contribution in [0.25, 0.3) is 11.4 Å². The van der Waals surface area contributed by atoms with Gasteiger partial charge in [-0.15, -0.1) is 11.3 Å². The highest BCUT2D eigenvalue weighted by molar-refractivity contribution is 7.11. The molecule has 3 aromatic rings. The van der Waals surface area contributed by atoms with Crippen LogP contribution in [0, 0.1) is 0 Å². The predicted octanol–water partition coefficient (Wildman–Crippen LogP) is 2.57. The number of amides is 1. The second-order valence-corrected chi connectivity index (χ2v) is 5.35. The highest BCUT2D eigenvalue weighted by Gasteiger charge is 2.15. The fourth-order valence-corrected chi connectivity index (χ4v) is 2.33. The zero-order valence-electron chi connectivity index (χ0n) is 12.1. The number of hydrogen-bond acceptors (Lipinski definition) is 7. The smallest absolute Gasteiger partial charge is 0.329 e. The Labute approximate surface area is 135 Å². The number of aromatic nitrogens is 2. The molecule has 0 bridgehead atoms. The second kappa shape index (κ2) is 6.84. The number of ether oxygens (including phenoxy) is 1. The lowest BCUT2D eigenvalue weighted by atomic mass is 10.2. The summed E-state index contributed by atoms with van der Waals surface area (Å²) in [5.74, 6) is 0.322. The van der Waals surface area contributed by atoms with E-state index >= 15 is 0 Å². The van der Waals surface area contributed by atoms with Crippen LogP contribution >= 0.6 is 11.3 Å². The fourth-order valence-electron chi connectivity index (χ4n) is 1.74. The van der Waals surface area contributed by atoms with Gasteiger partial charge in [-0.25, -0.2) is 5.43 Å². The van der Waals surface area contributed by atoms with E-state index in [1.807, 2.05) is 17.5 Å². The molecule has 0 unspecified atom stereocenters. The van der Waals surface area contributed by atoms with E-state index in [4.69, 9.17) is 9.26 Å². The van der Waals surface area contributed by atoms with E-state index in [-0.39, 0.29) is 5.89 Å². The van der Waals surface area contributed by atoms with Crippen LogP contribution in [-0.4, -0.2) is 29.4 Å². The Morgan fingerprint density at radius 2 is 2.17 bits per heavy atom. The summed E-state index contributed by atoms with van der Waals surface area (Å²) in [5, 5.41) is 9.54. The van der Waals surface area contributed by atoms with Crippen molar-refractivity contribution in [3.63, 3.8) is 0 Å². The van der Waals surface area contributed by atoms with E-state index in [1.165, 1.54) is 11.3 Å². The van der Waals surface area contributed by atoms with Gasteiger partial charge in [-0.1, -0.05) is 11.2 Å². The van der Waals surface area contributed by atoms with E-state index < -0.39 is 5.91 Å². The van der Waals surface area contributed by atoms with Gasteiger partial charge in [-0.2, -0.15) is 10.1 Å². The zero-order chi connectivity index (χ0) is 16.1. The summed E-state index contributed by atoms with van der Waals surface area (Å²) in [4.78, 5) is 16.9. The van der Waals surface area contributed by atoms with Crippen molar-refractivity contribution in [1.29, 1.82) is 0 Å². The SMILES string of the molecule is COc1ccc(-c2noc(C(=O)N/N=C/c3cccs3)n2)cc1. The summed E-state index contributed by atoms with van der Waals surface area (Å²) in [6.07, 6.45) is 1.54. The third kappa shape index (κ3) is 3.61. The van der Waals surface area contributed by atoms with Gasteiger partial charge >= 0.3 is 11.8 Å². The molecule has 0 fully saturated rings. The third-order valence-electron chi connectivity index (χ3n) is 2.87. The number of hydrazone groups is 1. The molecular weight excluding hydrogens is 316 g/mol. The number of carbonyl (C=O) groups excluding carboxylic acids is 1. The molecular formula is C15H12N4O3S. The molecule has 0 aliphatic heterocycles. The molecule has 8 heteroatoms. The Bertz CT molecular complexity index is 810. The van der Waals surface area contributed by atoms with Crippen molar-refractivity contribution >= 4 is 23.5 Å². The maximum absolute atomic E-state index is 11.9. The zero-order valence-corrected chi connectivity index (χ0v) is 12.9. The maximum Gasteiger partial charge on any atom is 0.329 e. The number of carbonyl (C=O) groups is 1. The third-order valence-corrected chi connectivity index (χ3v) is 3.68. The van der Waals surface area contributed by atoms with Gasteiger partial charge in [0.05, 0.1) is 13.3 Å². The fraction of sp³-hybridized carbons (Fsp3) is 0.0667. The molecule has 0 radical (unpaired) electrons. The Morgan fingerprint density at radius 3 is 2.87 bits per heavy atom. The molecule has 0 saturated heterocycles. The van der Waals surface area contributed by atoms with Gasteiger partial charge in [0.25, 0.3) is 0 Å². The predicted molar refractivity (Wildman–Crippen MR) is 85.7 cm³/mol. The molecule has 0 aliphatic rings. The Balaban J connectivity index is 1.67. The molecule has 23 heavy (non-hydrogen) atoms. The topological polar surface area (TPSA) is 89.6 Å². The first kappa shape index (κ1) is 14.9. The summed E-state index contributed by atoms with van der Waals surface area (Å²) < 4.78 is 10.0. The number of hydrogen-bond donors (Lipinski definition) is 1. The molecule has 7 nitrogen and oxygen atoms in total. The van der Waals surface area contributed by atoms with Crippen molar-refractivity contribution < 1.29 is 14.1 Å². The molecule has 2 aromatic heterocycles. The number of nitrogens with one attached hydrogen (secondary N) is 1. The van der Waals surface area contributed by atoms with Crippen molar-refractivity contribution in [2.45, 2.75) is 0 Å². The molecule has 1 N–H and O–H groups in total. The van der Waals surface area contributed by atoms with E-state index in [0.717, 1.165) is 16.2 Å². The van der Waals surface area contributed by atoms with Crippen LogP contribution in [0.3, 0.4) is 0 Å². The minimum Gasteiger partial charge on any atom is -0.497 e. The van der Waals surface area contributed by atoms with Crippen LogP contribution in [0.2, 0.25) is 0 Å². The van der Waals surface area contributed by atoms with E-state index in [9.17, 15) is 4.79 Å². The van der Waals surface area contributed by atoms with Crippen molar-refractivity contribution in [2.24, 2.45) is 5.10 Å². The number of methoxy groups -OCH3 is 1. The summed E-state index contributed by atoms with van der Waals surface area (Å²) >= 11 is 1.51. The van der Waals surface area contributed by atoms with Gasteiger partial charge in [0.1, 0.15) is 5.75 Å². The summed E-state index contributed by atoms with van der Waals surface area (Å²) in [7, 11) is 1.59. The van der Waals surface area contributed by atoms with Crippen molar-refractivity contribution in [3.8, 4) is 17.1 Å². The van der Waals surface area contributed by atoms with Gasteiger partial charge in [0, 0.05) is 10.4 Å². The van der Waals surface area contributed by atoms with Crippen LogP contribution in [0.5, 0.6) is 5.75 Å². The lowest BCUT2D eigenvalue weighted by molar-refractivity contribution is 0.0911. The van der Waals surface area contributed by atoms with E-state index in [2.05, 4.69) is 20.7 Å². The average molecular weight is 328 g/mol. The molecule has 1 amide bonds. The minimum absolute atomic E-state index is 0.154. The van der Waals surface area contributed by atoms with Crippen molar-refractivity contribution in [2.75, 3.05) is 7.11 Å². The summed E-state index contributed by atoms with van der Waals surface area (Å²) in [5.41, 5.74) is 3.06. The molecule has 0 saturated carbocycles. The molecule has 2 heterocycles. The first-order valence-electron chi connectivity index (χ1n) is 6.61. The van der Waals surface area contributed by atoms with Crippen LogP contribution in [0.1, 0.15) is 15.6 Å². The van der Waals surface area contributed by atoms with Gasteiger partial charge in [0.2, 0.25) is 5.82 Å². The van der Waals surface area contributed by atoms with E-state index in [1.54, 1.807) is 37.6 Å². The van der Waals surface area contributed by atoms with Gasteiger partial charge in [-0.05, 0) is 35.7 Å².